The molecule has 0 aliphatic rings. The molecule has 98 valence electrons. The van der Waals surface area contributed by atoms with Crippen LogP contribution in [0.5, 0.6) is 0 Å². The van der Waals surface area contributed by atoms with E-state index < -0.39 is 17.3 Å². The van der Waals surface area contributed by atoms with Gasteiger partial charge in [0.05, 0.1) is 18.4 Å². The van der Waals surface area contributed by atoms with Crippen LogP contribution < -0.4 is 5.73 Å². The number of nitrogens with zero attached hydrogens (tertiary/aromatic N) is 2. The van der Waals surface area contributed by atoms with Crippen molar-refractivity contribution in [2.45, 2.75) is 38.0 Å². The summed E-state index contributed by atoms with van der Waals surface area (Å²) >= 11 is 0. The number of hydrogen-bond donors (Lipinski definition) is 2. The Bertz CT molecular complexity index is 360. The van der Waals surface area contributed by atoms with Gasteiger partial charge in [0, 0.05) is 18.3 Å². The Morgan fingerprint density at radius 3 is 2.59 bits per heavy atom. The first kappa shape index (κ1) is 14.0. The summed E-state index contributed by atoms with van der Waals surface area (Å²) in [5.41, 5.74) is 4.25. The fourth-order valence-corrected chi connectivity index (χ4v) is 1.36. The summed E-state index contributed by atoms with van der Waals surface area (Å²) in [4.78, 5) is 0. The monoisotopic (exact) mass is 251 g/mol. The number of aryl methyl sites for hydroxylation is 1. The molecule has 4 nitrogen and oxygen atoms in total. The maximum atomic E-state index is 12.3. The molecular weight excluding hydrogens is 235 g/mol. The molecule has 0 aromatic carbocycles. The first-order valence-electron chi connectivity index (χ1n) is 5.24. The number of aliphatic hydroxyl groups is 1. The fourth-order valence-electron chi connectivity index (χ4n) is 1.36. The second-order valence-electron chi connectivity index (χ2n) is 4.41. The normalized spacial score (nSPS) is 15.9. The second-order valence-corrected chi connectivity index (χ2v) is 4.41. The lowest BCUT2D eigenvalue weighted by molar-refractivity contribution is -0.137. The van der Waals surface area contributed by atoms with Crippen LogP contribution in [-0.4, -0.2) is 27.0 Å². The molecule has 1 unspecified atom stereocenters. The Hall–Kier alpha value is -1.08. The number of halogens is 3. The van der Waals surface area contributed by atoms with Crippen molar-refractivity contribution < 1.29 is 18.3 Å². The summed E-state index contributed by atoms with van der Waals surface area (Å²) in [6, 6.07) is 0. The molecule has 0 fully saturated rings. The molecule has 0 saturated carbocycles. The van der Waals surface area contributed by atoms with Gasteiger partial charge in [-0.25, -0.2) is 0 Å². The van der Waals surface area contributed by atoms with E-state index in [1.54, 1.807) is 6.92 Å². The van der Waals surface area contributed by atoms with Crippen LogP contribution in [0.4, 0.5) is 13.2 Å². The van der Waals surface area contributed by atoms with Crippen LogP contribution in [0.2, 0.25) is 0 Å². The first-order chi connectivity index (χ1) is 7.74. The number of aromatic nitrogens is 2. The van der Waals surface area contributed by atoms with Gasteiger partial charge in [0.1, 0.15) is 0 Å². The van der Waals surface area contributed by atoms with Gasteiger partial charge in [0.15, 0.2) is 0 Å². The number of hydrogen-bond acceptors (Lipinski definition) is 3. The Morgan fingerprint density at radius 2 is 2.12 bits per heavy atom. The standard InChI is InChI=1S/C10H16F3N3O/c1-9(14,7-17)3-2-4-16-6-8(5-15-16)10(11,12)13/h5-6,17H,2-4,7,14H2,1H3. The van der Waals surface area contributed by atoms with Crippen molar-refractivity contribution in [2.75, 3.05) is 6.61 Å². The second kappa shape index (κ2) is 5.05. The van der Waals surface area contributed by atoms with E-state index >= 15 is 0 Å². The van der Waals surface area contributed by atoms with Gasteiger partial charge in [0.25, 0.3) is 0 Å². The summed E-state index contributed by atoms with van der Waals surface area (Å²) in [5, 5.41) is 12.5. The van der Waals surface area contributed by atoms with Crippen molar-refractivity contribution in [3.8, 4) is 0 Å². The zero-order valence-electron chi connectivity index (χ0n) is 9.54. The molecule has 0 bridgehead atoms. The Labute approximate surface area is 97.2 Å². The van der Waals surface area contributed by atoms with Crippen molar-refractivity contribution in [1.29, 1.82) is 0 Å². The van der Waals surface area contributed by atoms with E-state index in [9.17, 15) is 13.2 Å². The molecule has 1 aromatic rings. The van der Waals surface area contributed by atoms with Gasteiger partial charge in [-0.05, 0) is 19.8 Å². The zero-order valence-corrected chi connectivity index (χ0v) is 9.54. The maximum absolute atomic E-state index is 12.3. The summed E-state index contributed by atoms with van der Waals surface area (Å²) in [5.74, 6) is 0. The maximum Gasteiger partial charge on any atom is 0.419 e. The predicted octanol–water partition coefficient (Wildman–Crippen LogP) is 1.39. The quantitative estimate of drug-likeness (QED) is 0.831. The van der Waals surface area contributed by atoms with Gasteiger partial charge in [-0.3, -0.25) is 4.68 Å². The van der Waals surface area contributed by atoms with Crippen molar-refractivity contribution in [2.24, 2.45) is 5.73 Å². The first-order valence-corrected chi connectivity index (χ1v) is 5.24. The van der Waals surface area contributed by atoms with E-state index in [-0.39, 0.29) is 6.61 Å². The molecule has 1 rings (SSSR count). The van der Waals surface area contributed by atoms with Gasteiger partial charge in [-0.1, -0.05) is 0 Å². The topological polar surface area (TPSA) is 64.1 Å². The molecule has 0 spiro atoms. The van der Waals surface area contributed by atoms with Crippen molar-refractivity contribution in [3.05, 3.63) is 18.0 Å². The molecule has 0 radical (unpaired) electrons. The van der Waals surface area contributed by atoms with Gasteiger partial charge in [-0.2, -0.15) is 18.3 Å². The summed E-state index contributed by atoms with van der Waals surface area (Å²) in [6.07, 6.45) is -1.51. The fraction of sp³-hybridized carbons (Fsp3) is 0.700. The lowest BCUT2D eigenvalue weighted by Crippen LogP contribution is -2.40. The smallest absolute Gasteiger partial charge is 0.394 e. The molecule has 7 heteroatoms. The van der Waals surface area contributed by atoms with Crippen LogP contribution in [-0.2, 0) is 12.7 Å². The van der Waals surface area contributed by atoms with Crippen LogP contribution in [0.1, 0.15) is 25.3 Å². The van der Waals surface area contributed by atoms with Crippen molar-refractivity contribution in [1.82, 2.24) is 9.78 Å². The molecule has 1 atom stereocenters. The minimum absolute atomic E-state index is 0.153. The third-order valence-corrected chi connectivity index (χ3v) is 2.46. The zero-order chi connectivity index (χ0) is 13.1. The van der Waals surface area contributed by atoms with Crippen LogP contribution >= 0.6 is 0 Å². The number of nitrogens with two attached hydrogens (primary N) is 1. The predicted molar refractivity (Wildman–Crippen MR) is 56.1 cm³/mol. The molecule has 0 amide bonds. The van der Waals surface area contributed by atoms with Gasteiger partial charge < -0.3 is 10.8 Å². The van der Waals surface area contributed by atoms with Crippen LogP contribution in [0.3, 0.4) is 0 Å². The van der Waals surface area contributed by atoms with E-state index in [4.69, 9.17) is 10.8 Å². The SMILES string of the molecule is CC(N)(CO)CCCn1cc(C(F)(F)F)cn1. The van der Waals surface area contributed by atoms with E-state index in [1.165, 1.54) is 4.68 Å². The summed E-state index contributed by atoms with van der Waals surface area (Å²) in [6.45, 7) is 1.89. The number of alkyl halides is 3. The highest BCUT2D eigenvalue weighted by molar-refractivity contribution is 5.08. The Morgan fingerprint density at radius 1 is 1.47 bits per heavy atom. The summed E-state index contributed by atoms with van der Waals surface area (Å²) < 4.78 is 38.0. The number of aliphatic hydroxyl groups excluding tert-OH is 1. The molecule has 3 N–H and O–H groups in total. The van der Waals surface area contributed by atoms with Crippen LogP contribution in [0.15, 0.2) is 12.4 Å². The Kier molecular flexibility index (Phi) is 4.16. The molecule has 1 heterocycles. The average Bonchev–Trinajstić information content (AvgIpc) is 2.66. The van der Waals surface area contributed by atoms with Gasteiger partial charge in [-0.15, -0.1) is 0 Å². The highest BCUT2D eigenvalue weighted by atomic mass is 19.4. The molecule has 17 heavy (non-hydrogen) atoms. The van der Waals surface area contributed by atoms with Crippen molar-refractivity contribution in [3.63, 3.8) is 0 Å². The van der Waals surface area contributed by atoms with E-state index in [1.807, 2.05) is 0 Å². The molecule has 0 saturated heterocycles. The van der Waals surface area contributed by atoms with Crippen LogP contribution in [0, 0.1) is 0 Å². The number of rotatable bonds is 5. The minimum Gasteiger partial charge on any atom is -0.394 e. The molecule has 1 aromatic heterocycles. The largest absolute Gasteiger partial charge is 0.419 e. The lowest BCUT2D eigenvalue weighted by atomic mass is 9.99. The third-order valence-electron chi connectivity index (χ3n) is 2.46. The lowest BCUT2D eigenvalue weighted by Gasteiger charge is -2.21. The molecule has 0 aliphatic heterocycles. The van der Waals surface area contributed by atoms with Gasteiger partial charge >= 0.3 is 6.18 Å². The van der Waals surface area contributed by atoms with E-state index in [0.29, 0.717) is 19.4 Å². The average molecular weight is 251 g/mol. The molecule has 0 aliphatic carbocycles. The Balaban J connectivity index is 2.46. The minimum atomic E-state index is -4.36. The van der Waals surface area contributed by atoms with Crippen molar-refractivity contribution >= 4 is 0 Å². The highest BCUT2D eigenvalue weighted by Gasteiger charge is 2.32. The van der Waals surface area contributed by atoms with E-state index in [2.05, 4.69) is 5.10 Å². The summed E-state index contributed by atoms with van der Waals surface area (Å²) in [7, 11) is 0. The third kappa shape index (κ3) is 4.35. The molecular formula is C10H16F3N3O. The van der Waals surface area contributed by atoms with E-state index in [0.717, 1.165) is 12.4 Å². The highest BCUT2D eigenvalue weighted by Crippen LogP contribution is 2.28. The van der Waals surface area contributed by atoms with Crippen LogP contribution in [0.25, 0.3) is 0 Å². The van der Waals surface area contributed by atoms with Gasteiger partial charge in [0.2, 0.25) is 0 Å².